The lowest BCUT2D eigenvalue weighted by Crippen LogP contribution is -2.56. The lowest BCUT2D eigenvalue weighted by atomic mass is 9.75. The molecule has 0 bridgehead atoms. The third kappa shape index (κ3) is 3.61. The van der Waals surface area contributed by atoms with Gasteiger partial charge in [0.05, 0.1) is 5.41 Å². The van der Waals surface area contributed by atoms with E-state index in [0.29, 0.717) is 4.47 Å². The van der Waals surface area contributed by atoms with Gasteiger partial charge in [-0.1, -0.05) is 15.9 Å². The molecule has 0 heterocycles. The number of nitrogens with one attached hydrogen (secondary N) is 1. The average molecular weight is 382 g/mol. The smallest absolute Gasteiger partial charge is 0.310 e. The van der Waals surface area contributed by atoms with E-state index in [1.165, 1.54) is 33.8 Å². The van der Waals surface area contributed by atoms with Gasteiger partial charge < -0.3 is 5.11 Å². The molecule has 0 fully saturated rings. The number of hydrogen-bond acceptors (Lipinski definition) is 3. The molecular weight excluding hydrogens is 365 g/mol. The van der Waals surface area contributed by atoms with Crippen LogP contribution in [0, 0.1) is 11.2 Å². The quantitative estimate of drug-likeness (QED) is 0.821. The van der Waals surface area contributed by atoms with Crippen LogP contribution in [0.15, 0.2) is 27.6 Å². The second kappa shape index (κ2) is 5.66. The highest BCUT2D eigenvalue weighted by Gasteiger charge is 2.46. The summed E-state index contributed by atoms with van der Waals surface area (Å²) >= 11 is 3.04. The monoisotopic (exact) mass is 381 g/mol. The van der Waals surface area contributed by atoms with Gasteiger partial charge in [0, 0.05) is 10.0 Å². The molecule has 1 rings (SSSR count). The molecule has 0 aromatic heterocycles. The van der Waals surface area contributed by atoms with E-state index in [1.54, 1.807) is 0 Å². The van der Waals surface area contributed by atoms with Gasteiger partial charge in [-0.3, -0.25) is 4.79 Å². The lowest BCUT2D eigenvalue weighted by Gasteiger charge is -2.38. The topological polar surface area (TPSA) is 83.5 Å². The predicted octanol–water partition coefficient (Wildman–Crippen LogP) is 2.76. The van der Waals surface area contributed by atoms with Crippen LogP contribution in [0.4, 0.5) is 4.39 Å². The van der Waals surface area contributed by atoms with Gasteiger partial charge >= 0.3 is 5.97 Å². The minimum Gasteiger partial charge on any atom is -0.481 e. The van der Waals surface area contributed by atoms with Crippen LogP contribution in [0.5, 0.6) is 0 Å². The summed E-state index contributed by atoms with van der Waals surface area (Å²) in [4.78, 5) is 10.8. The van der Waals surface area contributed by atoms with Gasteiger partial charge in [0.1, 0.15) is 10.7 Å². The zero-order valence-electron chi connectivity index (χ0n) is 12.1. The first-order chi connectivity index (χ1) is 9.31. The highest BCUT2D eigenvalue weighted by molar-refractivity contribution is 9.10. The number of benzene rings is 1. The van der Waals surface area contributed by atoms with Crippen molar-refractivity contribution >= 4 is 31.9 Å². The molecule has 0 amide bonds. The summed E-state index contributed by atoms with van der Waals surface area (Å²) in [6.07, 6.45) is 0. The first-order valence-electron chi connectivity index (χ1n) is 6.04. The zero-order chi connectivity index (χ0) is 16.6. The van der Waals surface area contributed by atoms with Crippen molar-refractivity contribution in [2.45, 2.75) is 38.1 Å². The Morgan fingerprint density at radius 1 is 1.29 bits per heavy atom. The van der Waals surface area contributed by atoms with Crippen LogP contribution in [0.3, 0.4) is 0 Å². The maximum absolute atomic E-state index is 13.8. The van der Waals surface area contributed by atoms with Crippen LogP contribution >= 0.6 is 15.9 Å². The van der Waals surface area contributed by atoms with Crippen LogP contribution in [0.1, 0.15) is 27.7 Å². The summed E-state index contributed by atoms with van der Waals surface area (Å²) in [6.45, 7) is 5.68. The Hall–Kier alpha value is -0.990. The van der Waals surface area contributed by atoms with Crippen molar-refractivity contribution in [1.82, 2.24) is 4.72 Å². The second-order valence-electron chi connectivity index (χ2n) is 5.74. The Morgan fingerprint density at radius 3 is 2.24 bits per heavy atom. The standard InChI is InChI=1S/C13H17BrFNO4S/c1-12(2,11(17)18)13(3,4)16-21(19,20)10-6-5-8(14)7-9(10)15/h5-7,16H,1-4H3,(H,17,18). The number of carboxylic acids is 1. The Kier molecular flexibility index (Phi) is 4.87. The number of sulfonamides is 1. The first kappa shape index (κ1) is 18.1. The van der Waals surface area contributed by atoms with Crippen LogP contribution in [-0.4, -0.2) is 25.0 Å². The van der Waals surface area contributed by atoms with Crippen molar-refractivity contribution in [3.8, 4) is 0 Å². The van der Waals surface area contributed by atoms with Crippen LogP contribution in [0.25, 0.3) is 0 Å². The Labute approximate surface area is 131 Å². The molecule has 1 aromatic rings. The SMILES string of the molecule is CC(C)(NS(=O)(=O)c1ccc(Br)cc1F)C(C)(C)C(=O)O. The van der Waals surface area contributed by atoms with E-state index < -0.39 is 37.7 Å². The van der Waals surface area contributed by atoms with Gasteiger partial charge in [-0.25, -0.2) is 17.5 Å². The molecule has 0 atom stereocenters. The molecule has 0 radical (unpaired) electrons. The molecular formula is C13H17BrFNO4S. The number of hydrogen-bond donors (Lipinski definition) is 2. The van der Waals surface area contributed by atoms with E-state index in [4.69, 9.17) is 0 Å². The van der Waals surface area contributed by atoms with Crippen molar-refractivity contribution in [2.24, 2.45) is 5.41 Å². The van der Waals surface area contributed by atoms with E-state index in [-0.39, 0.29) is 0 Å². The summed E-state index contributed by atoms with van der Waals surface area (Å²) < 4.78 is 41.1. The largest absolute Gasteiger partial charge is 0.481 e. The first-order valence-corrected chi connectivity index (χ1v) is 8.31. The minimum atomic E-state index is -4.19. The van der Waals surface area contributed by atoms with Crippen molar-refractivity contribution in [3.05, 3.63) is 28.5 Å². The Morgan fingerprint density at radius 2 is 1.81 bits per heavy atom. The Balaban J connectivity index is 3.25. The molecule has 5 nitrogen and oxygen atoms in total. The maximum atomic E-state index is 13.8. The minimum absolute atomic E-state index is 0.407. The molecule has 21 heavy (non-hydrogen) atoms. The summed E-state index contributed by atoms with van der Waals surface area (Å²) in [5, 5.41) is 9.22. The number of aliphatic carboxylic acids is 1. The maximum Gasteiger partial charge on any atom is 0.310 e. The molecule has 0 saturated heterocycles. The zero-order valence-corrected chi connectivity index (χ0v) is 14.5. The summed E-state index contributed by atoms with van der Waals surface area (Å²) in [5.74, 6) is -2.08. The molecule has 2 N–H and O–H groups in total. The molecule has 0 aliphatic heterocycles. The van der Waals surface area contributed by atoms with Gasteiger partial charge in [-0.15, -0.1) is 0 Å². The van der Waals surface area contributed by atoms with Crippen LogP contribution in [0.2, 0.25) is 0 Å². The summed E-state index contributed by atoms with van der Waals surface area (Å²) in [5.41, 5.74) is -2.71. The van der Waals surface area contributed by atoms with Crippen LogP contribution in [-0.2, 0) is 14.8 Å². The fourth-order valence-electron chi connectivity index (χ4n) is 1.48. The normalized spacial score (nSPS) is 13.2. The molecule has 8 heteroatoms. The van der Waals surface area contributed by atoms with Gasteiger partial charge in [0.15, 0.2) is 0 Å². The van der Waals surface area contributed by atoms with E-state index in [9.17, 15) is 22.7 Å². The summed E-state index contributed by atoms with van der Waals surface area (Å²) in [6, 6.07) is 3.54. The molecule has 0 saturated carbocycles. The van der Waals surface area contributed by atoms with Gasteiger partial charge in [-0.2, -0.15) is 0 Å². The molecule has 0 aliphatic carbocycles. The van der Waals surface area contributed by atoms with E-state index in [2.05, 4.69) is 20.7 Å². The number of halogens is 2. The number of carbonyl (C=O) groups is 1. The van der Waals surface area contributed by atoms with Gasteiger partial charge in [0.2, 0.25) is 10.0 Å². The highest BCUT2D eigenvalue weighted by atomic mass is 79.9. The fourth-order valence-corrected chi connectivity index (χ4v) is 3.41. The van der Waals surface area contributed by atoms with E-state index in [0.717, 1.165) is 12.1 Å². The van der Waals surface area contributed by atoms with Gasteiger partial charge in [-0.05, 0) is 45.9 Å². The Bertz CT molecular complexity index is 671. The number of carboxylic acid groups (broad SMARTS) is 1. The predicted molar refractivity (Wildman–Crippen MR) is 79.9 cm³/mol. The van der Waals surface area contributed by atoms with Crippen molar-refractivity contribution < 1.29 is 22.7 Å². The van der Waals surface area contributed by atoms with Gasteiger partial charge in [0.25, 0.3) is 0 Å². The third-order valence-corrected chi connectivity index (χ3v) is 5.85. The highest BCUT2D eigenvalue weighted by Crippen LogP contribution is 2.32. The lowest BCUT2D eigenvalue weighted by molar-refractivity contribution is -0.150. The fraction of sp³-hybridized carbons (Fsp3) is 0.462. The number of rotatable bonds is 5. The molecule has 0 aliphatic rings. The second-order valence-corrected chi connectivity index (χ2v) is 8.30. The van der Waals surface area contributed by atoms with Crippen molar-refractivity contribution in [3.63, 3.8) is 0 Å². The van der Waals surface area contributed by atoms with Crippen LogP contribution < -0.4 is 4.72 Å². The molecule has 118 valence electrons. The molecule has 0 unspecified atom stereocenters. The van der Waals surface area contributed by atoms with E-state index >= 15 is 0 Å². The average Bonchev–Trinajstić information content (AvgIpc) is 2.25. The molecule has 1 aromatic carbocycles. The van der Waals surface area contributed by atoms with E-state index in [1.807, 2.05) is 0 Å². The third-order valence-electron chi connectivity index (χ3n) is 3.67. The summed E-state index contributed by atoms with van der Waals surface area (Å²) in [7, 11) is -4.19. The molecule has 0 spiro atoms. The van der Waals surface area contributed by atoms with Crippen molar-refractivity contribution in [1.29, 1.82) is 0 Å². The van der Waals surface area contributed by atoms with Crippen molar-refractivity contribution in [2.75, 3.05) is 0 Å².